The average Bonchev–Trinajstić information content (AvgIpc) is 3.07. The standard InChI is InChI=1S/C27H33ClN2O4/c1-27(2)14-17-11-21(19-6-5-18(32-3)12-22(19)28)23(33-4)13-20(17)25(27)29-26(31)34-24-15-30-9-7-16(24)8-10-30/h5-6,11-13,16,24-25H,7-10,14-15H2,1-4H3,(H,29,31)/t24-,25?/m0/s1. The Morgan fingerprint density at radius 2 is 1.85 bits per heavy atom. The first-order valence-electron chi connectivity index (χ1n) is 12.0. The minimum Gasteiger partial charge on any atom is -0.497 e. The van der Waals surface area contributed by atoms with Gasteiger partial charge in [-0.05, 0) is 85.1 Å². The van der Waals surface area contributed by atoms with Gasteiger partial charge in [0.2, 0.25) is 0 Å². The van der Waals surface area contributed by atoms with Gasteiger partial charge in [-0.25, -0.2) is 4.79 Å². The summed E-state index contributed by atoms with van der Waals surface area (Å²) in [5.41, 5.74) is 3.91. The summed E-state index contributed by atoms with van der Waals surface area (Å²) >= 11 is 6.58. The quantitative estimate of drug-likeness (QED) is 0.610. The first-order valence-corrected chi connectivity index (χ1v) is 12.4. The molecule has 1 unspecified atom stereocenters. The van der Waals surface area contributed by atoms with Crippen LogP contribution in [0.25, 0.3) is 11.1 Å². The largest absolute Gasteiger partial charge is 0.497 e. The second-order valence-electron chi connectivity index (χ2n) is 10.4. The van der Waals surface area contributed by atoms with Gasteiger partial charge in [0.1, 0.15) is 17.6 Å². The van der Waals surface area contributed by atoms with Gasteiger partial charge in [0.25, 0.3) is 0 Å². The van der Waals surface area contributed by atoms with Crippen LogP contribution in [0.3, 0.4) is 0 Å². The maximum atomic E-state index is 13.0. The third-order valence-electron chi connectivity index (χ3n) is 7.78. The van der Waals surface area contributed by atoms with Crippen molar-refractivity contribution in [2.24, 2.45) is 11.3 Å². The molecule has 2 aromatic rings. The van der Waals surface area contributed by atoms with Crippen LogP contribution < -0.4 is 14.8 Å². The molecule has 34 heavy (non-hydrogen) atoms. The van der Waals surface area contributed by atoms with E-state index in [1.807, 2.05) is 24.3 Å². The molecule has 0 spiro atoms. The van der Waals surface area contributed by atoms with Gasteiger partial charge < -0.3 is 19.5 Å². The fraction of sp³-hybridized carbons (Fsp3) is 0.519. The molecule has 6 nitrogen and oxygen atoms in total. The molecule has 3 heterocycles. The molecule has 0 saturated carbocycles. The van der Waals surface area contributed by atoms with E-state index < -0.39 is 0 Å². The fourth-order valence-corrected chi connectivity index (χ4v) is 6.18. The van der Waals surface area contributed by atoms with Crippen LogP contribution in [-0.4, -0.2) is 51.0 Å². The van der Waals surface area contributed by atoms with E-state index in [-0.39, 0.29) is 23.7 Å². The number of rotatable bonds is 5. The maximum absolute atomic E-state index is 13.0. The van der Waals surface area contributed by atoms with Crippen molar-refractivity contribution in [1.82, 2.24) is 10.2 Å². The zero-order chi connectivity index (χ0) is 24.0. The molecule has 2 bridgehead atoms. The van der Waals surface area contributed by atoms with Crippen LogP contribution in [0.5, 0.6) is 11.5 Å². The van der Waals surface area contributed by atoms with Crippen molar-refractivity contribution >= 4 is 17.7 Å². The Morgan fingerprint density at radius 3 is 2.47 bits per heavy atom. The van der Waals surface area contributed by atoms with Gasteiger partial charge in [0.05, 0.1) is 25.3 Å². The van der Waals surface area contributed by atoms with E-state index in [4.69, 9.17) is 25.8 Å². The van der Waals surface area contributed by atoms with Crippen LogP contribution in [0.4, 0.5) is 4.79 Å². The number of amides is 1. The van der Waals surface area contributed by atoms with Crippen LogP contribution >= 0.6 is 11.6 Å². The molecular weight excluding hydrogens is 452 g/mol. The molecule has 182 valence electrons. The number of nitrogens with one attached hydrogen (secondary N) is 1. The van der Waals surface area contributed by atoms with Crippen molar-refractivity contribution in [2.75, 3.05) is 33.9 Å². The SMILES string of the molecule is COc1ccc(-c2cc3c(cc2OC)C(NC(=O)O[C@H]2CN4CCC2CC4)C(C)(C)C3)c(Cl)c1. The van der Waals surface area contributed by atoms with Crippen LogP contribution in [0, 0.1) is 11.3 Å². The van der Waals surface area contributed by atoms with E-state index in [0.29, 0.717) is 16.7 Å². The van der Waals surface area contributed by atoms with Crippen molar-refractivity contribution in [1.29, 1.82) is 0 Å². The van der Waals surface area contributed by atoms with Crippen molar-refractivity contribution in [3.63, 3.8) is 0 Å². The molecule has 3 fully saturated rings. The second kappa shape index (κ2) is 8.97. The molecular formula is C27H33ClN2O4. The van der Waals surface area contributed by atoms with Crippen LogP contribution in [-0.2, 0) is 11.2 Å². The molecule has 1 N–H and O–H groups in total. The zero-order valence-electron chi connectivity index (χ0n) is 20.3. The second-order valence-corrected chi connectivity index (χ2v) is 10.8. The summed E-state index contributed by atoms with van der Waals surface area (Å²) in [7, 11) is 3.28. The third kappa shape index (κ3) is 4.22. The zero-order valence-corrected chi connectivity index (χ0v) is 21.1. The van der Waals surface area contributed by atoms with Gasteiger partial charge in [-0.15, -0.1) is 0 Å². The third-order valence-corrected chi connectivity index (χ3v) is 8.10. The molecule has 4 aliphatic rings. The number of halogens is 1. The van der Waals surface area contributed by atoms with Crippen LogP contribution in [0.15, 0.2) is 30.3 Å². The van der Waals surface area contributed by atoms with E-state index >= 15 is 0 Å². The topological polar surface area (TPSA) is 60.0 Å². The highest BCUT2D eigenvalue weighted by Crippen LogP contribution is 2.49. The van der Waals surface area contributed by atoms with Gasteiger partial charge in [-0.3, -0.25) is 4.90 Å². The summed E-state index contributed by atoms with van der Waals surface area (Å²) in [4.78, 5) is 15.4. The summed E-state index contributed by atoms with van der Waals surface area (Å²) in [6, 6.07) is 9.68. The highest BCUT2D eigenvalue weighted by molar-refractivity contribution is 6.33. The van der Waals surface area contributed by atoms with Crippen LogP contribution in [0.2, 0.25) is 5.02 Å². The Balaban J connectivity index is 1.40. The summed E-state index contributed by atoms with van der Waals surface area (Å²) in [5, 5.41) is 3.79. The Kier molecular flexibility index (Phi) is 6.15. The lowest BCUT2D eigenvalue weighted by atomic mass is 9.85. The number of hydrogen-bond acceptors (Lipinski definition) is 5. The van der Waals surface area contributed by atoms with Crippen molar-refractivity contribution < 1.29 is 19.0 Å². The summed E-state index contributed by atoms with van der Waals surface area (Å²) in [5.74, 6) is 1.92. The number of nitrogens with zero attached hydrogens (tertiary/aromatic N) is 1. The smallest absolute Gasteiger partial charge is 0.407 e. The summed E-state index contributed by atoms with van der Waals surface area (Å²) in [6.45, 7) is 7.45. The van der Waals surface area contributed by atoms with E-state index in [1.54, 1.807) is 14.2 Å². The van der Waals surface area contributed by atoms with Gasteiger partial charge in [0.15, 0.2) is 0 Å². The first-order chi connectivity index (χ1) is 16.3. The number of alkyl carbamates (subject to hydrolysis) is 1. The summed E-state index contributed by atoms with van der Waals surface area (Å²) < 4.78 is 17.0. The molecule has 2 atom stereocenters. The Morgan fingerprint density at radius 1 is 1.09 bits per heavy atom. The minimum atomic E-state index is -0.328. The monoisotopic (exact) mass is 484 g/mol. The van der Waals surface area contributed by atoms with Gasteiger partial charge in [0, 0.05) is 17.7 Å². The van der Waals surface area contributed by atoms with Crippen molar-refractivity contribution in [3.05, 3.63) is 46.5 Å². The molecule has 0 radical (unpaired) electrons. The number of piperidine rings is 3. The Hall–Kier alpha value is -2.44. The normalized spacial score (nSPS) is 26.6. The fourth-order valence-electron chi connectivity index (χ4n) is 5.90. The predicted molar refractivity (Wildman–Crippen MR) is 133 cm³/mol. The molecule has 6 rings (SSSR count). The lowest BCUT2D eigenvalue weighted by Crippen LogP contribution is -2.53. The lowest BCUT2D eigenvalue weighted by molar-refractivity contribution is -0.0349. The average molecular weight is 485 g/mol. The summed E-state index contributed by atoms with van der Waals surface area (Å²) in [6.07, 6.45) is 2.72. The molecule has 2 aromatic carbocycles. The predicted octanol–water partition coefficient (Wildman–Crippen LogP) is 5.47. The molecule has 7 heteroatoms. The molecule has 3 aliphatic heterocycles. The highest BCUT2D eigenvalue weighted by atomic mass is 35.5. The molecule has 1 amide bonds. The Bertz CT molecular complexity index is 1090. The van der Waals surface area contributed by atoms with E-state index in [2.05, 4.69) is 30.1 Å². The van der Waals surface area contributed by atoms with E-state index in [1.165, 1.54) is 5.56 Å². The van der Waals surface area contributed by atoms with Crippen molar-refractivity contribution in [3.8, 4) is 22.6 Å². The van der Waals surface area contributed by atoms with Gasteiger partial charge >= 0.3 is 6.09 Å². The number of carbonyl (C=O) groups excluding carboxylic acids is 1. The first kappa shape index (κ1) is 23.3. The number of carbonyl (C=O) groups is 1. The van der Waals surface area contributed by atoms with Gasteiger partial charge in [-0.1, -0.05) is 25.4 Å². The van der Waals surface area contributed by atoms with Gasteiger partial charge in [-0.2, -0.15) is 0 Å². The van der Waals surface area contributed by atoms with Crippen LogP contribution in [0.1, 0.15) is 43.9 Å². The number of benzene rings is 2. The molecule has 1 aliphatic carbocycles. The number of fused-ring (bicyclic) bond motifs is 4. The number of methoxy groups -OCH3 is 2. The molecule has 3 saturated heterocycles. The Labute approximate surface area is 206 Å². The van der Waals surface area contributed by atoms with Crippen molar-refractivity contribution in [2.45, 2.75) is 45.3 Å². The molecule has 0 aromatic heterocycles. The maximum Gasteiger partial charge on any atom is 0.407 e. The van der Waals surface area contributed by atoms with E-state index in [9.17, 15) is 4.79 Å². The lowest BCUT2D eigenvalue weighted by Gasteiger charge is -2.44. The van der Waals surface area contributed by atoms with E-state index in [0.717, 1.165) is 61.3 Å². The number of hydrogen-bond donors (Lipinski definition) is 1. The highest BCUT2D eigenvalue weighted by Gasteiger charge is 2.42. The minimum absolute atomic E-state index is 0.0133. The number of ether oxygens (including phenoxy) is 3.